The minimum Gasteiger partial charge on any atom is -0.426 e. The highest BCUT2D eigenvalue weighted by atomic mass is 19.1. The van der Waals surface area contributed by atoms with Crippen molar-refractivity contribution in [2.45, 2.75) is 155 Å². The van der Waals surface area contributed by atoms with Crippen LogP contribution in [-0.2, 0) is 33.3 Å². The lowest BCUT2D eigenvalue weighted by atomic mass is 9.58. The summed E-state index contributed by atoms with van der Waals surface area (Å²) < 4.78 is 43.0. The molecule has 2 aromatic rings. The molecule has 4 aliphatic carbocycles. The molecular weight excluding hydrogens is 646 g/mol. The van der Waals surface area contributed by atoms with Gasteiger partial charge < -0.3 is 20.9 Å². The summed E-state index contributed by atoms with van der Waals surface area (Å²) in [7, 11) is 0. The van der Waals surface area contributed by atoms with Crippen LogP contribution in [0.5, 0.6) is 11.5 Å². The van der Waals surface area contributed by atoms with E-state index < -0.39 is 22.2 Å². The molecule has 0 spiro atoms. The quantitative estimate of drug-likeness (QED) is 0.230. The smallest absolute Gasteiger partial charge is 0.316 e. The summed E-state index contributed by atoms with van der Waals surface area (Å²) in [4.78, 5) is 26.3. The van der Waals surface area contributed by atoms with Gasteiger partial charge in [0.2, 0.25) is 0 Å². The van der Waals surface area contributed by atoms with Gasteiger partial charge >= 0.3 is 11.9 Å². The standard InChI is InChI=1S/C43H60F2N2O4/c1-40(2,3)38(48)50-28-21-33-31(35(45)23-28)20-27-18-25(12-11-16-43(33,7)37(27)47)14-17-41(4,5)39(49)51-29-22-32-30(34(44)24-29)19-26-13-9-8-10-15-42(32,6)36(26)46/h21-27,36-37H,8-20,46-47H2,1-7H3/t25?,26-,27-,36-,37?,42+,43+/m0/s1. The zero-order valence-electron chi connectivity index (χ0n) is 31.9. The van der Waals surface area contributed by atoms with Crippen LogP contribution in [0.1, 0.15) is 141 Å². The van der Waals surface area contributed by atoms with E-state index in [9.17, 15) is 9.59 Å². The molecule has 6 rings (SSSR count). The Morgan fingerprint density at radius 2 is 1.27 bits per heavy atom. The second-order valence-electron chi connectivity index (χ2n) is 18.7. The molecule has 2 saturated carbocycles. The second kappa shape index (κ2) is 13.9. The molecule has 4 bridgehead atoms. The van der Waals surface area contributed by atoms with Gasteiger partial charge in [0.25, 0.3) is 0 Å². The fourth-order valence-corrected chi connectivity index (χ4v) is 9.88. The highest BCUT2D eigenvalue weighted by molar-refractivity contribution is 5.79. The van der Waals surface area contributed by atoms with Crippen LogP contribution < -0.4 is 20.9 Å². The summed E-state index contributed by atoms with van der Waals surface area (Å²) in [6.07, 6.45) is 11.4. The van der Waals surface area contributed by atoms with Gasteiger partial charge in [-0.15, -0.1) is 0 Å². The molecular formula is C43H60F2N2O4. The van der Waals surface area contributed by atoms with Gasteiger partial charge in [-0.1, -0.05) is 46.0 Å². The summed E-state index contributed by atoms with van der Waals surface area (Å²) in [6, 6.07) is 6.22. The minimum absolute atomic E-state index is 0.0495. The van der Waals surface area contributed by atoms with Gasteiger partial charge in [-0.25, -0.2) is 8.78 Å². The first-order valence-corrected chi connectivity index (χ1v) is 19.4. The summed E-state index contributed by atoms with van der Waals surface area (Å²) >= 11 is 0. The number of nitrogens with two attached hydrogens (primary N) is 2. The third-order valence-corrected chi connectivity index (χ3v) is 13.5. The molecule has 2 aromatic carbocycles. The SMILES string of the molecule is CC(C)(C)C(=O)Oc1cc(F)c2c(c1)[C@@]1(C)CCCC(CCC(C)(C)C(=O)Oc3cc(F)c4c(c3)[C@@]3(C)CCCCC[C@@H](C4)[C@@H]3N)C[C@@H](C2)C1N. The lowest BCUT2D eigenvalue weighted by Gasteiger charge is -2.48. The number of halogens is 2. The number of carbonyl (C=O) groups excluding carboxylic acids is 2. The van der Waals surface area contributed by atoms with E-state index in [0.717, 1.165) is 80.9 Å². The molecule has 2 fully saturated rings. The molecule has 6 nitrogen and oxygen atoms in total. The first kappa shape index (κ1) is 37.9. The van der Waals surface area contributed by atoms with E-state index in [2.05, 4.69) is 13.8 Å². The predicted molar refractivity (Wildman–Crippen MR) is 197 cm³/mol. The van der Waals surface area contributed by atoms with Crippen LogP contribution in [0.2, 0.25) is 0 Å². The fourth-order valence-electron chi connectivity index (χ4n) is 9.88. The summed E-state index contributed by atoms with van der Waals surface area (Å²) in [5.74, 6) is -0.261. The van der Waals surface area contributed by atoms with E-state index in [1.165, 1.54) is 12.1 Å². The van der Waals surface area contributed by atoms with Crippen LogP contribution in [0.25, 0.3) is 0 Å². The molecule has 51 heavy (non-hydrogen) atoms. The Kier molecular flexibility index (Phi) is 10.3. The molecule has 8 heteroatoms. The Bertz CT molecular complexity index is 1670. The molecule has 0 heterocycles. The lowest BCUT2D eigenvalue weighted by Crippen LogP contribution is -2.53. The van der Waals surface area contributed by atoms with E-state index >= 15 is 8.78 Å². The van der Waals surface area contributed by atoms with Gasteiger partial charge in [0, 0.05) is 35.0 Å². The number of fused-ring (bicyclic) bond motifs is 8. The van der Waals surface area contributed by atoms with Gasteiger partial charge in [-0.3, -0.25) is 9.59 Å². The highest BCUT2D eigenvalue weighted by Crippen LogP contribution is 2.50. The number of esters is 2. The van der Waals surface area contributed by atoms with E-state index in [1.54, 1.807) is 20.8 Å². The maximum absolute atomic E-state index is 15.7. The number of benzene rings is 2. The van der Waals surface area contributed by atoms with Crippen molar-refractivity contribution in [3.8, 4) is 11.5 Å². The molecule has 7 atom stereocenters. The number of ether oxygens (including phenoxy) is 2. The average Bonchev–Trinajstić information content (AvgIpc) is 3.04. The topological polar surface area (TPSA) is 105 Å². The van der Waals surface area contributed by atoms with Crippen molar-refractivity contribution in [1.82, 2.24) is 0 Å². The van der Waals surface area contributed by atoms with Gasteiger partial charge in [0.15, 0.2) is 0 Å². The summed E-state index contributed by atoms with van der Waals surface area (Å²) in [5.41, 5.74) is 14.8. The maximum atomic E-state index is 15.7. The van der Waals surface area contributed by atoms with Crippen LogP contribution in [-0.4, -0.2) is 24.0 Å². The van der Waals surface area contributed by atoms with Crippen LogP contribution >= 0.6 is 0 Å². The van der Waals surface area contributed by atoms with Crippen molar-refractivity contribution >= 4 is 11.9 Å². The van der Waals surface area contributed by atoms with Crippen molar-refractivity contribution < 1.29 is 27.8 Å². The van der Waals surface area contributed by atoms with Crippen LogP contribution in [0.4, 0.5) is 8.78 Å². The zero-order valence-corrected chi connectivity index (χ0v) is 31.9. The summed E-state index contributed by atoms with van der Waals surface area (Å²) in [5, 5.41) is 0. The predicted octanol–water partition coefficient (Wildman–Crippen LogP) is 9.00. The molecule has 4 N–H and O–H groups in total. The summed E-state index contributed by atoms with van der Waals surface area (Å²) in [6.45, 7) is 13.4. The molecule has 0 radical (unpaired) electrons. The maximum Gasteiger partial charge on any atom is 0.316 e. The van der Waals surface area contributed by atoms with Crippen molar-refractivity contribution in [3.63, 3.8) is 0 Å². The molecule has 0 aromatic heterocycles. The Hall–Kier alpha value is -2.84. The van der Waals surface area contributed by atoms with Crippen LogP contribution in [0.3, 0.4) is 0 Å². The van der Waals surface area contributed by atoms with E-state index in [1.807, 2.05) is 26.0 Å². The number of hydrogen-bond acceptors (Lipinski definition) is 6. The highest BCUT2D eigenvalue weighted by Gasteiger charge is 2.48. The molecule has 4 aliphatic rings. The second-order valence-corrected chi connectivity index (χ2v) is 18.7. The lowest BCUT2D eigenvalue weighted by molar-refractivity contribution is -0.144. The van der Waals surface area contributed by atoms with E-state index in [-0.39, 0.29) is 58.4 Å². The minimum atomic E-state index is -0.789. The first-order chi connectivity index (χ1) is 23.8. The number of carbonyl (C=O) groups is 2. The van der Waals surface area contributed by atoms with Gasteiger partial charge in [0.05, 0.1) is 10.8 Å². The molecule has 0 amide bonds. The van der Waals surface area contributed by atoms with Crippen LogP contribution in [0, 0.1) is 40.2 Å². The normalized spacial score (nSPS) is 30.8. The number of rotatable bonds is 6. The Morgan fingerprint density at radius 1 is 0.745 bits per heavy atom. The van der Waals surface area contributed by atoms with Crippen molar-refractivity contribution in [1.29, 1.82) is 0 Å². The van der Waals surface area contributed by atoms with E-state index in [4.69, 9.17) is 20.9 Å². The first-order valence-electron chi connectivity index (χ1n) is 19.4. The van der Waals surface area contributed by atoms with Gasteiger partial charge in [-0.2, -0.15) is 0 Å². The van der Waals surface area contributed by atoms with Crippen molar-refractivity contribution in [3.05, 3.63) is 58.2 Å². The number of hydrogen-bond donors (Lipinski definition) is 2. The van der Waals surface area contributed by atoms with Crippen molar-refractivity contribution in [2.75, 3.05) is 0 Å². The Morgan fingerprint density at radius 3 is 1.86 bits per heavy atom. The zero-order chi connectivity index (χ0) is 37.1. The van der Waals surface area contributed by atoms with Gasteiger partial charge in [0.1, 0.15) is 23.1 Å². The largest absolute Gasteiger partial charge is 0.426 e. The van der Waals surface area contributed by atoms with Gasteiger partial charge in [-0.05, 0) is 138 Å². The Labute approximate surface area is 303 Å². The Balaban J connectivity index is 1.14. The monoisotopic (exact) mass is 706 g/mol. The molecule has 280 valence electrons. The van der Waals surface area contributed by atoms with Crippen molar-refractivity contribution in [2.24, 2.45) is 40.1 Å². The molecule has 0 saturated heterocycles. The third-order valence-electron chi connectivity index (χ3n) is 13.5. The third kappa shape index (κ3) is 7.25. The molecule has 0 aliphatic heterocycles. The van der Waals surface area contributed by atoms with E-state index in [0.29, 0.717) is 30.7 Å². The average molecular weight is 707 g/mol. The molecule has 2 unspecified atom stereocenters. The fraction of sp³-hybridized carbons (Fsp3) is 0.674. The van der Waals surface area contributed by atoms with Crippen LogP contribution in [0.15, 0.2) is 24.3 Å².